The number of aliphatic hydroxyl groups excluding tert-OH is 1. The Kier molecular flexibility index (Phi) is 5.62. The van der Waals surface area contributed by atoms with Crippen molar-refractivity contribution in [3.05, 3.63) is 29.3 Å². The van der Waals surface area contributed by atoms with Crippen molar-refractivity contribution in [3.8, 4) is 0 Å². The maximum Gasteiger partial charge on any atom is 0.0576 e. The van der Waals surface area contributed by atoms with E-state index in [4.69, 9.17) is 11.6 Å². The van der Waals surface area contributed by atoms with E-state index in [1.807, 2.05) is 18.2 Å². The van der Waals surface area contributed by atoms with E-state index in [1.54, 1.807) is 0 Å². The first-order valence-electron chi connectivity index (χ1n) is 5.37. The summed E-state index contributed by atoms with van der Waals surface area (Å²) in [5, 5.41) is 10.3. The molecular weight excluding hydrogens is 233 g/mol. The zero-order valence-electron chi connectivity index (χ0n) is 9.86. The molecule has 1 N–H and O–H groups in total. The molecule has 2 atom stereocenters. The Morgan fingerprint density at radius 1 is 1.44 bits per heavy atom. The summed E-state index contributed by atoms with van der Waals surface area (Å²) >= 11 is 5.96. The van der Waals surface area contributed by atoms with E-state index in [9.17, 15) is 5.11 Å². The van der Waals surface area contributed by atoms with Gasteiger partial charge >= 0.3 is 0 Å². The van der Waals surface area contributed by atoms with E-state index >= 15 is 0 Å². The van der Waals surface area contributed by atoms with Gasteiger partial charge in [-0.05, 0) is 38.0 Å². The predicted octanol–water partition coefficient (Wildman–Crippen LogP) is 2.31. The van der Waals surface area contributed by atoms with Crippen molar-refractivity contribution in [3.63, 3.8) is 0 Å². The first kappa shape index (κ1) is 14.3. The van der Waals surface area contributed by atoms with Crippen LogP contribution >= 0.6 is 11.6 Å². The predicted molar refractivity (Wildman–Crippen MR) is 69.3 cm³/mol. The average molecular weight is 249 g/mol. The minimum atomic E-state index is -0.143. The molecule has 2 rings (SSSR count). The van der Waals surface area contributed by atoms with Gasteiger partial charge in [0, 0.05) is 52.9 Å². The molecule has 1 aromatic rings. The van der Waals surface area contributed by atoms with Crippen molar-refractivity contribution in [2.24, 2.45) is 0 Å². The van der Waals surface area contributed by atoms with Crippen LogP contribution in [0.3, 0.4) is 0 Å². The van der Waals surface area contributed by atoms with Crippen molar-refractivity contribution < 1.29 is 5.11 Å². The third-order valence-electron chi connectivity index (χ3n) is 2.99. The zero-order valence-corrected chi connectivity index (χ0v) is 12.6. The number of benzene rings is 1. The van der Waals surface area contributed by atoms with Crippen molar-refractivity contribution in [1.82, 2.24) is 0 Å². The van der Waals surface area contributed by atoms with Crippen molar-refractivity contribution in [1.29, 1.82) is 0 Å². The number of rotatable bonds is 1. The minimum absolute atomic E-state index is 0. The van der Waals surface area contributed by atoms with Crippen LogP contribution < -0.4 is 4.90 Å². The van der Waals surface area contributed by atoms with Gasteiger partial charge in [-0.2, -0.15) is 0 Å². The molecule has 0 amide bonds. The Morgan fingerprint density at radius 2 is 2.19 bits per heavy atom. The molecule has 2 nitrogen and oxygen atoms in total. The number of halogens is 1. The van der Waals surface area contributed by atoms with Crippen LogP contribution in [0.1, 0.15) is 19.8 Å². The van der Waals surface area contributed by atoms with Gasteiger partial charge < -0.3 is 10.0 Å². The maximum atomic E-state index is 9.55. The molecule has 1 fully saturated rings. The number of piperidine rings is 1. The monoisotopic (exact) mass is 248 g/mol. The average Bonchev–Trinajstić information content (AvgIpc) is 2.17. The fourth-order valence-electron chi connectivity index (χ4n) is 2.19. The molecule has 1 heterocycles. The number of hydrogen-bond donors (Lipinski definition) is 1. The van der Waals surface area contributed by atoms with Crippen LogP contribution in [0.2, 0.25) is 5.02 Å². The Labute approximate surface area is 124 Å². The van der Waals surface area contributed by atoms with Gasteiger partial charge in [0.15, 0.2) is 0 Å². The van der Waals surface area contributed by atoms with Gasteiger partial charge in [0.2, 0.25) is 0 Å². The fraction of sp³-hybridized carbons (Fsp3) is 0.500. The first-order chi connectivity index (χ1) is 7.16. The van der Waals surface area contributed by atoms with E-state index < -0.39 is 0 Å². The van der Waals surface area contributed by atoms with Gasteiger partial charge in [0.25, 0.3) is 0 Å². The second-order valence-corrected chi connectivity index (χ2v) is 4.64. The molecule has 0 saturated carbocycles. The van der Waals surface area contributed by atoms with E-state index in [0.29, 0.717) is 6.04 Å². The molecule has 1 saturated heterocycles. The Morgan fingerprint density at radius 3 is 2.81 bits per heavy atom. The summed E-state index contributed by atoms with van der Waals surface area (Å²) < 4.78 is 0. The second kappa shape index (κ2) is 6.27. The van der Waals surface area contributed by atoms with Crippen molar-refractivity contribution >= 4 is 46.8 Å². The fourth-order valence-corrected chi connectivity index (χ4v) is 2.37. The molecule has 4 heteroatoms. The van der Waals surface area contributed by atoms with Crippen molar-refractivity contribution in [2.75, 3.05) is 11.4 Å². The first-order valence-corrected chi connectivity index (χ1v) is 5.75. The maximum absolute atomic E-state index is 9.55. The van der Waals surface area contributed by atoms with Gasteiger partial charge in [0.05, 0.1) is 6.10 Å². The summed E-state index contributed by atoms with van der Waals surface area (Å²) in [7, 11) is 0. The summed E-state index contributed by atoms with van der Waals surface area (Å²) in [5.74, 6) is 0. The molecule has 16 heavy (non-hydrogen) atoms. The third kappa shape index (κ3) is 3.38. The van der Waals surface area contributed by atoms with Crippen molar-refractivity contribution in [2.45, 2.75) is 31.9 Å². The van der Waals surface area contributed by atoms with E-state index in [-0.39, 0.29) is 35.7 Å². The Bertz CT molecular complexity index is 348. The molecule has 0 spiro atoms. The van der Waals surface area contributed by atoms with Crippen LogP contribution in [0, 0.1) is 0 Å². The smallest absolute Gasteiger partial charge is 0.0576 e. The van der Waals surface area contributed by atoms with Gasteiger partial charge in [-0.3, -0.25) is 0 Å². The summed E-state index contributed by atoms with van der Waals surface area (Å²) in [6.07, 6.45) is 1.54. The summed E-state index contributed by atoms with van der Waals surface area (Å²) in [5.41, 5.74) is 1.15. The SMILES string of the molecule is CC1CC(O)CCN1c1cccc(Cl)c1.[Na]. The molecule has 83 valence electrons. The molecule has 0 bridgehead atoms. The van der Waals surface area contributed by atoms with Crippen LogP contribution in [0.4, 0.5) is 5.69 Å². The summed E-state index contributed by atoms with van der Waals surface area (Å²) in [6.45, 7) is 3.05. The van der Waals surface area contributed by atoms with Crippen LogP contribution in [0.25, 0.3) is 0 Å². The zero-order chi connectivity index (χ0) is 10.8. The van der Waals surface area contributed by atoms with Gasteiger partial charge in [0.1, 0.15) is 0 Å². The standard InChI is InChI=1S/C12H16ClNO.Na/c1-9-7-12(15)5-6-14(9)11-4-2-3-10(13)8-11;/h2-4,8-9,12,15H,5-7H2,1H3;. The van der Waals surface area contributed by atoms with E-state index in [0.717, 1.165) is 30.1 Å². The number of nitrogens with zero attached hydrogens (tertiary/aromatic N) is 1. The molecule has 1 radical (unpaired) electrons. The van der Waals surface area contributed by atoms with Crippen LogP contribution in [0.15, 0.2) is 24.3 Å². The molecule has 0 aliphatic carbocycles. The molecule has 2 unspecified atom stereocenters. The Balaban J connectivity index is 0.00000128. The summed E-state index contributed by atoms with van der Waals surface area (Å²) in [6, 6.07) is 8.28. The molecule has 0 aromatic heterocycles. The van der Waals surface area contributed by atoms with E-state index in [1.165, 1.54) is 0 Å². The minimum Gasteiger partial charge on any atom is -0.393 e. The topological polar surface area (TPSA) is 23.5 Å². The quantitative estimate of drug-likeness (QED) is 0.771. The molecule has 1 aliphatic rings. The van der Waals surface area contributed by atoms with Gasteiger partial charge in [-0.1, -0.05) is 17.7 Å². The number of anilines is 1. The van der Waals surface area contributed by atoms with Gasteiger partial charge in [-0.25, -0.2) is 0 Å². The van der Waals surface area contributed by atoms with Crippen LogP contribution in [-0.4, -0.2) is 53.4 Å². The molecular formula is C12H16ClNNaO. The molecule has 1 aromatic carbocycles. The normalized spacial score (nSPS) is 25.1. The van der Waals surface area contributed by atoms with Gasteiger partial charge in [-0.15, -0.1) is 0 Å². The number of hydrogen-bond acceptors (Lipinski definition) is 2. The van der Waals surface area contributed by atoms with Crippen LogP contribution in [-0.2, 0) is 0 Å². The largest absolute Gasteiger partial charge is 0.393 e. The number of aliphatic hydroxyl groups is 1. The third-order valence-corrected chi connectivity index (χ3v) is 3.22. The van der Waals surface area contributed by atoms with Crippen LogP contribution in [0.5, 0.6) is 0 Å². The molecule has 1 aliphatic heterocycles. The summed E-state index contributed by atoms with van der Waals surface area (Å²) in [4.78, 5) is 2.30. The Hall–Kier alpha value is 0.270. The van der Waals surface area contributed by atoms with E-state index in [2.05, 4.69) is 17.9 Å². The second-order valence-electron chi connectivity index (χ2n) is 4.20.